The molecule has 12 nitrogen and oxygen atoms in total. The molecule has 0 saturated carbocycles. The van der Waals surface area contributed by atoms with Crippen LogP contribution in [0.15, 0.2) is 35.7 Å². The van der Waals surface area contributed by atoms with Gasteiger partial charge in [-0.15, -0.1) is 0 Å². The fourth-order valence-corrected chi connectivity index (χ4v) is 4.45. The van der Waals surface area contributed by atoms with Crippen molar-refractivity contribution in [3.63, 3.8) is 0 Å². The molecule has 14 heteroatoms. The Labute approximate surface area is 180 Å². The number of fused-ring (bicyclic) bond motifs is 1. The first kappa shape index (κ1) is 21.4. The van der Waals surface area contributed by atoms with Crippen molar-refractivity contribution in [3.05, 3.63) is 41.4 Å². The second-order valence-electron chi connectivity index (χ2n) is 6.73. The number of anilines is 1. The van der Waals surface area contributed by atoms with Crippen LogP contribution in [0.3, 0.4) is 0 Å². The monoisotopic (exact) mass is 465 g/mol. The number of nitriles is 1. The second-order valence-corrected chi connectivity index (χ2v) is 8.91. The van der Waals surface area contributed by atoms with Crippen LogP contribution in [-0.2, 0) is 14.8 Å². The van der Waals surface area contributed by atoms with Crippen LogP contribution in [0, 0.1) is 11.3 Å². The van der Waals surface area contributed by atoms with E-state index in [0.717, 1.165) is 6.07 Å². The van der Waals surface area contributed by atoms with Crippen molar-refractivity contribution in [1.29, 1.82) is 5.26 Å². The minimum atomic E-state index is -4.04. The van der Waals surface area contributed by atoms with Gasteiger partial charge in [-0.2, -0.15) is 5.26 Å². The van der Waals surface area contributed by atoms with Gasteiger partial charge in [0.05, 0.1) is 21.8 Å². The standard InChI is InChI=1S/C17H16ClN7O5S/c18-10-2-1-9(3-8(10)4-19)31(28,29)24-5-11-13(26)14(27)17(30-11)25-7-23-12-15(20)21-6-22-16(12)25/h1-3,6-7,11,13-14,17,24,26-27H,5H2,(H2,20,21,22)/t11-,13-,14-,17-/m1/s1. The molecular weight excluding hydrogens is 450 g/mol. The average molecular weight is 466 g/mol. The minimum absolute atomic E-state index is 0.00503. The maximum absolute atomic E-state index is 12.6. The van der Waals surface area contributed by atoms with Crippen molar-refractivity contribution in [1.82, 2.24) is 24.2 Å². The SMILES string of the molecule is N#Cc1cc(S(=O)(=O)NC[C@H]2O[C@@H](n3cnc4c(N)ncnc43)[C@H](O)[C@@H]2O)ccc1Cl. The maximum Gasteiger partial charge on any atom is 0.240 e. The molecule has 162 valence electrons. The molecule has 0 aliphatic carbocycles. The van der Waals surface area contributed by atoms with Crippen LogP contribution >= 0.6 is 11.6 Å². The first-order valence-electron chi connectivity index (χ1n) is 8.87. The molecule has 0 amide bonds. The molecule has 1 aliphatic heterocycles. The number of sulfonamides is 1. The first-order chi connectivity index (χ1) is 14.7. The number of nitrogens with zero attached hydrogens (tertiary/aromatic N) is 5. The lowest BCUT2D eigenvalue weighted by atomic mass is 10.1. The number of aliphatic hydroxyl groups is 2. The first-order valence-corrected chi connectivity index (χ1v) is 10.7. The number of aliphatic hydroxyl groups excluding tert-OH is 2. The summed E-state index contributed by atoms with van der Waals surface area (Å²) >= 11 is 5.84. The van der Waals surface area contributed by atoms with Gasteiger partial charge < -0.3 is 20.7 Å². The van der Waals surface area contributed by atoms with Gasteiger partial charge in [-0.3, -0.25) is 4.57 Å². The summed E-state index contributed by atoms with van der Waals surface area (Å²) in [4.78, 5) is 11.8. The van der Waals surface area contributed by atoms with E-state index in [9.17, 15) is 18.6 Å². The molecule has 0 spiro atoms. The highest BCUT2D eigenvalue weighted by Crippen LogP contribution is 2.32. The lowest BCUT2D eigenvalue weighted by Crippen LogP contribution is -2.39. The molecule has 1 saturated heterocycles. The number of rotatable bonds is 5. The van der Waals surface area contributed by atoms with Crippen molar-refractivity contribution in [2.45, 2.75) is 29.4 Å². The largest absolute Gasteiger partial charge is 0.387 e. The quantitative estimate of drug-likeness (QED) is 0.383. The predicted molar refractivity (Wildman–Crippen MR) is 107 cm³/mol. The Morgan fingerprint density at radius 3 is 2.81 bits per heavy atom. The van der Waals surface area contributed by atoms with Crippen molar-refractivity contribution in [3.8, 4) is 6.07 Å². The summed E-state index contributed by atoms with van der Waals surface area (Å²) in [5.41, 5.74) is 6.34. The molecule has 2 aromatic heterocycles. The molecule has 1 aromatic carbocycles. The van der Waals surface area contributed by atoms with E-state index in [-0.39, 0.29) is 33.5 Å². The molecule has 1 fully saturated rings. The average Bonchev–Trinajstić information content (AvgIpc) is 3.29. The Kier molecular flexibility index (Phi) is 5.52. The van der Waals surface area contributed by atoms with E-state index in [1.54, 1.807) is 0 Å². The van der Waals surface area contributed by atoms with Crippen LogP contribution in [0.1, 0.15) is 11.8 Å². The number of benzene rings is 1. The van der Waals surface area contributed by atoms with Gasteiger partial charge in [-0.05, 0) is 18.2 Å². The van der Waals surface area contributed by atoms with E-state index in [2.05, 4.69) is 19.7 Å². The molecule has 31 heavy (non-hydrogen) atoms. The normalized spacial score (nSPS) is 23.8. The fraction of sp³-hybridized carbons (Fsp3) is 0.294. The number of hydrogen-bond donors (Lipinski definition) is 4. The number of ether oxygens (including phenoxy) is 1. The molecular formula is C17H16ClN7O5S. The van der Waals surface area contributed by atoms with Crippen LogP contribution in [0.5, 0.6) is 0 Å². The molecule has 4 atom stereocenters. The number of halogens is 1. The Morgan fingerprint density at radius 1 is 1.29 bits per heavy atom. The van der Waals surface area contributed by atoms with E-state index < -0.39 is 34.6 Å². The van der Waals surface area contributed by atoms with Gasteiger partial charge >= 0.3 is 0 Å². The zero-order valence-corrected chi connectivity index (χ0v) is 17.2. The van der Waals surface area contributed by atoms with E-state index in [1.165, 1.54) is 29.4 Å². The summed E-state index contributed by atoms with van der Waals surface area (Å²) in [6, 6.07) is 5.49. The Morgan fingerprint density at radius 2 is 2.06 bits per heavy atom. The van der Waals surface area contributed by atoms with Gasteiger partial charge in [-0.1, -0.05) is 11.6 Å². The third-order valence-corrected chi connectivity index (χ3v) is 6.59. The van der Waals surface area contributed by atoms with Gasteiger partial charge in [0.1, 0.15) is 36.2 Å². The third kappa shape index (κ3) is 3.81. The zero-order valence-electron chi connectivity index (χ0n) is 15.6. The summed E-state index contributed by atoms with van der Waals surface area (Å²) < 4.78 is 34.5. The van der Waals surface area contributed by atoms with Crippen molar-refractivity contribution >= 4 is 38.6 Å². The summed E-state index contributed by atoms with van der Waals surface area (Å²) in [6.07, 6.45) is -2.38. The Bertz CT molecular complexity index is 1290. The number of nitrogens with one attached hydrogen (secondary N) is 1. The van der Waals surface area contributed by atoms with E-state index >= 15 is 0 Å². The third-order valence-electron chi connectivity index (χ3n) is 4.84. The number of imidazole rings is 1. The number of aromatic nitrogens is 4. The predicted octanol–water partition coefficient (Wildman–Crippen LogP) is -0.469. The van der Waals surface area contributed by atoms with Crippen LogP contribution in [0.4, 0.5) is 5.82 Å². The molecule has 5 N–H and O–H groups in total. The fourth-order valence-electron chi connectivity index (χ4n) is 3.22. The highest BCUT2D eigenvalue weighted by Gasteiger charge is 2.44. The maximum atomic E-state index is 12.6. The topological polar surface area (TPSA) is 189 Å². The summed E-state index contributed by atoms with van der Waals surface area (Å²) in [5.74, 6) is 0.140. The van der Waals surface area contributed by atoms with Crippen molar-refractivity contribution < 1.29 is 23.4 Å². The molecule has 0 radical (unpaired) electrons. The summed E-state index contributed by atoms with van der Waals surface area (Å²) in [7, 11) is -4.04. The lowest BCUT2D eigenvalue weighted by Gasteiger charge is -2.16. The molecule has 3 aromatic rings. The summed E-state index contributed by atoms with van der Waals surface area (Å²) in [6.45, 7) is -0.342. The molecule has 4 rings (SSSR count). The highest BCUT2D eigenvalue weighted by atomic mass is 35.5. The Balaban J connectivity index is 1.52. The number of nitrogen functional groups attached to an aromatic ring is 1. The van der Waals surface area contributed by atoms with E-state index in [4.69, 9.17) is 27.3 Å². The van der Waals surface area contributed by atoms with Crippen molar-refractivity contribution in [2.75, 3.05) is 12.3 Å². The highest BCUT2D eigenvalue weighted by molar-refractivity contribution is 7.89. The van der Waals surface area contributed by atoms with Gasteiger partial charge in [0.25, 0.3) is 0 Å². The molecule has 0 unspecified atom stereocenters. The lowest BCUT2D eigenvalue weighted by molar-refractivity contribution is -0.0330. The smallest absolute Gasteiger partial charge is 0.240 e. The molecule has 1 aliphatic rings. The zero-order chi connectivity index (χ0) is 22.3. The minimum Gasteiger partial charge on any atom is -0.387 e. The van der Waals surface area contributed by atoms with Gasteiger partial charge in [0, 0.05) is 6.54 Å². The van der Waals surface area contributed by atoms with Crippen LogP contribution in [0.2, 0.25) is 5.02 Å². The van der Waals surface area contributed by atoms with Gasteiger partial charge in [0.2, 0.25) is 10.0 Å². The van der Waals surface area contributed by atoms with Gasteiger partial charge in [-0.25, -0.2) is 28.1 Å². The Hall–Kier alpha value is -2.86. The van der Waals surface area contributed by atoms with Crippen LogP contribution < -0.4 is 10.5 Å². The van der Waals surface area contributed by atoms with Crippen LogP contribution in [0.25, 0.3) is 11.2 Å². The summed E-state index contributed by atoms with van der Waals surface area (Å²) in [5, 5.41) is 30.0. The van der Waals surface area contributed by atoms with Crippen LogP contribution in [-0.4, -0.2) is 63.0 Å². The number of hydrogen-bond acceptors (Lipinski definition) is 10. The van der Waals surface area contributed by atoms with Gasteiger partial charge in [0.15, 0.2) is 17.7 Å². The number of nitrogens with two attached hydrogens (primary N) is 1. The second kappa shape index (κ2) is 8.00. The molecule has 0 bridgehead atoms. The van der Waals surface area contributed by atoms with E-state index in [0.29, 0.717) is 5.52 Å². The van der Waals surface area contributed by atoms with E-state index in [1.807, 2.05) is 6.07 Å². The molecule has 3 heterocycles. The van der Waals surface area contributed by atoms with Crippen molar-refractivity contribution in [2.24, 2.45) is 0 Å².